The topological polar surface area (TPSA) is 219 Å². The summed E-state index contributed by atoms with van der Waals surface area (Å²) >= 11 is 0. The number of ether oxygens (including phenoxy) is 1. The standard InChI is InChI=1S/C14H26N4O11P2.Na/c1-18(2,3)6-7-26-30(22,23)29-31(24,25)27-8-9-11(19)12(20)13(28-9)17-5-4-10(15)16-14(17)21;/h4-5,9,11-13,19-20H,6-8H2,1-3H3,(H3-,15,16,21,22,23,24,25);/q;+1/p-1/t9-,11-,12-,13+;/m0./s1. The number of anilines is 1. The molecule has 1 aliphatic rings. The van der Waals surface area contributed by atoms with Crippen LogP contribution in [0, 0.1) is 0 Å². The van der Waals surface area contributed by atoms with E-state index in [-0.39, 0.29) is 48.5 Å². The van der Waals surface area contributed by atoms with Gasteiger partial charge in [0.1, 0.15) is 37.3 Å². The molecule has 178 valence electrons. The van der Waals surface area contributed by atoms with Gasteiger partial charge in [0.25, 0.3) is 15.6 Å². The molecule has 18 heteroatoms. The van der Waals surface area contributed by atoms with Crippen LogP contribution in [-0.4, -0.2) is 83.5 Å². The molecule has 1 aromatic rings. The van der Waals surface area contributed by atoms with Gasteiger partial charge in [-0.25, -0.2) is 9.11 Å². The normalized spacial score (nSPS) is 27.3. The molecule has 0 amide bonds. The largest absolute Gasteiger partial charge is 1.00 e. The second kappa shape index (κ2) is 11.5. The summed E-state index contributed by atoms with van der Waals surface area (Å²) in [5, 5.41) is 20.2. The summed E-state index contributed by atoms with van der Waals surface area (Å²) < 4.78 is 42.9. The van der Waals surface area contributed by atoms with Gasteiger partial charge in [-0.1, -0.05) is 0 Å². The van der Waals surface area contributed by atoms with Crippen LogP contribution in [0.3, 0.4) is 0 Å². The predicted octanol–water partition coefficient (Wildman–Crippen LogP) is -5.86. The van der Waals surface area contributed by atoms with Gasteiger partial charge < -0.3 is 44.0 Å². The SMILES string of the molecule is C[N+](C)(C)CCOP(=O)([O-])OP(=O)([O-])OC[C@@H]1O[C@@H](n2ccc(N)nc2=O)[C@@H](O)[C@H]1O.[Na+]. The van der Waals surface area contributed by atoms with Gasteiger partial charge in [0.05, 0.1) is 27.7 Å². The number of rotatable bonds is 10. The van der Waals surface area contributed by atoms with E-state index in [1.54, 1.807) is 21.1 Å². The number of aliphatic hydroxyl groups excluding tert-OH is 2. The monoisotopic (exact) mass is 510 g/mol. The van der Waals surface area contributed by atoms with Gasteiger partial charge >= 0.3 is 35.2 Å². The van der Waals surface area contributed by atoms with Crippen molar-refractivity contribution < 1.29 is 81.3 Å². The third-order valence-corrected chi connectivity index (χ3v) is 6.64. The van der Waals surface area contributed by atoms with Crippen molar-refractivity contribution in [2.24, 2.45) is 0 Å². The predicted molar refractivity (Wildman–Crippen MR) is 99.9 cm³/mol. The number of hydrogen-bond donors (Lipinski definition) is 3. The summed E-state index contributed by atoms with van der Waals surface area (Å²) in [5.74, 6) is -0.0793. The van der Waals surface area contributed by atoms with Crippen LogP contribution in [0.2, 0.25) is 0 Å². The Balaban J connectivity index is 0.00000512. The Morgan fingerprint density at radius 3 is 2.38 bits per heavy atom. The minimum Gasteiger partial charge on any atom is -0.756 e. The zero-order valence-electron chi connectivity index (χ0n) is 18.0. The summed E-state index contributed by atoms with van der Waals surface area (Å²) in [4.78, 5) is 38.9. The summed E-state index contributed by atoms with van der Waals surface area (Å²) in [6, 6.07) is 1.25. The van der Waals surface area contributed by atoms with Gasteiger partial charge in [-0.05, 0) is 6.07 Å². The average Bonchev–Trinajstić information content (AvgIpc) is 2.86. The first-order chi connectivity index (χ1) is 14.1. The van der Waals surface area contributed by atoms with Crippen molar-refractivity contribution in [3.05, 3.63) is 22.7 Å². The van der Waals surface area contributed by atoms with Crippen molar-refractivity contribution in [1.82, 2.24) is 9.55 Å². The molecule has 1 aromatic heterocycles. The molecule has 0 saturated carbocycles. The van der Waals surface area contributed by atoms with Gasteiger partial charge in [0.2, 0.25) is 0 Å². The van der Waals surface area contributed by atoms with Crippen LogP contribution in [0.4, 0.5) is 5.82 Å². The molecule has 1 fully saturated rings. The number of hydrogen-bond acceptors (Lipinski definition) is 13. The third-order valence-electron chi connectivity index (χ3n) is 4.07. The molecular weight excluding hydrogens is 485 g/mol. The van der Waals surface area contributed by atoms with E-state index in [9.17, 15) is 33.9 Å². The molecule has 0 bridgehead atoms. The second-order valence-corrected chi connectivity index (χ2v) is 10.7. The molecule has 0 radical (unpaired) electrons. The van der Waals surface area contributed by atoms with Crippen LogP contribution in [0.1, 0.15) is 6.23 Å². The maximum atomic E-state index is 11.9. The molecule has 2 heterocycles. The zero-order chi connectivity index (χ0) is 23.6. The molecule has 15 nitrogen and oxygen atoms in total. The Kier molecular flexibility index (Phi) is 10.7. The maximum Gasteiger partial charge on any atom is 1.00 e. The number of nitrogen functional groups attached to an aromatic ring is 1. The Hall–Kier alpha value is -0.220. The van der Waals surface area contributed by atoms with Crippen molar-refractivity contribution in [2.45, 2.75) is 24.5 Å². The molecule has 2 unspecified atom stereocenters. The maximum absolute atomic E-state index is 11.9. The molecule has 1 saturated heterocycles. The van der Waals surface area contributed by atoms with Crippen LogP contribution in [0.15, 0.2) is 17.1 Å². The Bertz CT molecular complexity index is 927. The number of quaternary nitrogens is 1. The molecule has 1 aliphatic heterocycles. The number of phosphoric acid groups is 2. The number of nitrogens with two attached hydrogens (primary N) is 1. The average molecular weight is 510 g/mol. The number of aliphatic hydroxyl groups is 2. The molecule has 4 N–H and O–H groups in total. The first-order valence-electron chi connectivity index (χ1n) is 8.89. The van der Waals surface area contributed by atoms with E-state index < -0.39 is 52.5 Å². The number of likely N-dealkylation sites (N-methyl/N-ethyl adjacent to an activating group) is 1. The van der Waals surface area contributed by atoms with Gasteiger partial charge in [-0.15, -0.1) is 0 Å². The van der Waals surface area contributed by atoms with Crippen LogP contribution in [-0.2, 0) is 27.2 Å². The van der Waals surface area contributed by atoms with Crippen molar-refractivity contribution >= 4 is 21.5 Å². The van der Waals surface area contributed by atoms with E-state index in [1.807, 2.05) is 0 Å². The van der Waals surface area contributed by atoms with E-state index in [4.69, 9.17) is 10.5 Å². The fourth-order valence-corrected chi connectivity index (χ4v) is 4.47. The summed E-state index contributed by atoms with van der Waals surface area (Å²) in [5.41, 5.74) is 4.50. The first kappa shape index (κ1) is 29.8. The van der Waals surface area contributed by atoms with Gasteiger partial charge in [0, 0.05) is 6.20 Å². The summed E-state index contributed by atoms with van der Waals surface area (Å²) in [7, 11) is -5.36. The molecule has 32 heavy (non-hydrogen) atoms. The molecule has 6 atom stereocenters. The van der Waals surface area contributed by atoms with Gasteiger partial charge in [-0.2, -0.15) is 4.98 Å². The molecular formula is C14H25N4NaO11P2. The van der Waals surface area contributed by atoms with Crippen molar-refractivity contribution in [3.63, 3.8) is 0 Å². The Morgan fingerprint density at radius 1 is 1.22 bits per heavy atom. The van der Waals surface area contributed by atoms with Crippen LogP contribution >= 0.6 is 15.6 Å². The molecule has 2 rings (SSSR count). The van der Waals surface area contributed by atoms with E-state index in [0.717, 1.165) is 10.8 Å². The minimum atomic E-state index is -5.43. The Labute approximate surface area is 205 Å². The Morgan fingerprint density at radius 2 is 1.81 bits per heavy atom. The van der Waals surface area contributed by atoms with Gasteiger partial charge in [0.15, 0.2) is 6.23 Å². The number of phosphoric ester groups is 2. The quantitative estimate of drug-likeness (QED) is 0.152. The van der Waals surface area contributed by atoms with Crippen LogP contribution in [0.5, 0.6) is 0 Å². The van der Waals surface area contributed by atoms with E-state index in [2.05, 4.69) is 18.3 Å². The molecule has 0 spiro atoms. The van der Waals surface area contributed by atoms with Crippen molar-refractivity contribution in [1.29, 1.82) is 0 Å². The number of nitrogens with zero attached hydrogens (tertiary/aromatic N) is 3. The van der Waals surface area contributed by atoms with Crippen LogP contribution in [0.25, 0.3) is 0 Å². The number of aromatic nitrogens is 2. The summed E-state index contributed by atoms with van der Waals surface area (Å²) in [6.07, 6.45) is -5.01. The third kappa shape index (κ3) is 8.85. The molecule has 0 aromatic carbocycles. The fourth-order valence-electron chi connectivity index (χ4n) is 2.48. The molecule has 0 aliphatic carbocycles. The van der Waals surface area contributed by atoms with Crippen molar-refractivity contribution in [2.75, 3.05) is 46.6 Å². The first-order valence-corrected chi connectivity index (χ1v) is 11.8. The van der Waals surface area contributed by atoms with Crippen LogP contribution < -0.4 is 50.8 Å². The van der Waals surface area contributed by atoms with E-state index in [0.29, 0.717) is 4.48 Å². The van der Waals surface area contributed by atoms with Crippen molar-refractivity contribution in [3.8, 4) is 0 Å². The summed E-state index contributed by atoms with van der Waals surface area (Å²) in [6.45, 7) is -0.987. The van der Waals surface area contributed by atoms with E-state index >= 15 is 0 Å². The smallest absolute Gasteiger partial charge is 0.756 e. The van der Waals surface area contributed by atoms with Gasteiger partial charge in [-0.3, -0.25) is 13.7 Å². The fraction of sp³-hybridized carbons (Fsp3) is 0.714. The second-order valence-electron chi connectivity index (χ2n) is 7.71. The minimum absolute atomic E-state index is 0. The zero-order valence-corrected chi connectivity index (χ0v) is 21.8. The van der Waals surface area contributed by atoms with E-state index in [1.165, 1.54) is 6.07 Å².